The van der Waals surface area contributed by atoms with Gasteiger partial charge < -0.3 is 34.7 Å². The quantitative estimate of drug-likeness (QED) is 0.270. The molecule has 44 heavy (non-hydrogen) atoms. The number of methoxy groups -OCH3 is 1. The summed E-state index contributed by atoms with van der Waals surface area (Å²) < 4.78 is 28.3. The third-order valence-corrected chi connectivity index (χ3v) is 6.54. The topological polar surface area (TPSA) is 136 Å². The first-order valence-corrected chi connectivity index (χ1v) is 14.8. The van der Waals surface area contributed by atoms with E-state index in [4.69, 9.17) is 29.4 Å². The van der Waals surface area contributed by atoms with E-state index in [-0.39, 0.29) is 30.5 Å². The SMILES string of the molecule is CC.CCCOC.Nc1ccc2c(c1)c(NC(=O)Cc1ccc3c(c1)OCCO3)nn2C(=O)Cc1ccc2c(c1)OCCO2. The Morgan fingerprint density at radius 2 is 1.41 bits per heavy atom. The van der Waals surface area contributed by atoms with Gasteiger partial charge in [-0.25, -0.2) is 0 Å². The van der Waals surface area contributed by atoms with E-state index in [0.717, 1.165) is 24.2 Å². The molecule has 0 fully saturated rings. The van der Waals surface area contributed by atoms with Crippen LogP contribution in [0.4, 0.5) is 11.5 Å². The molecular weight excluding hydrogens is 564 g/mol. The van der Waals surface area contributed by atoms with Gasteiger partial charge in [0.05, 0.1) is 18.4 Å². The molecule has 2 aliphatic rings. The Morgan fingerprint density at radius 3 is 1.95 bits per heavy atom. The number of aromatic nitrogens is 2. The van der Waals surface area contributed by atoms with Crippen LogP contribution in [0.5, 0.6) is 23.0 Å². The lowest BCUT2D eigenvalue weighted by molar-refractivity contribution is -0.115. The molecule has 0 unspecified atom stereocenters. The van der Waals surface area contributed by atoms with E-state index in [1.807, 2.05) is 26.0 Å². The largest absolute Gasteiger partial charge is 0.486 e. The summed E-state index contributed by atoms with van der Waals surface area (Å²) in [5.74, 6) is 2.26. The van der Waals surface area contributed by atoms with Crippen LogP contribution < -0.4 is 30.0 Å². The molecule has 0 spiro atoms. The maximum atomic E-state index is 13.3. The number of rotatable bonds is 7. The average Bonchev–Trinajstić information content (AvgIpc) is 3.39. The number of hydrogen-bond acceptors (Lipinski definition) is 9. The fourth-order valence-corrected chi connectivity index (χ4v) is 4.63. The summed E-state index contributed by atoms with van der Waals surface area (Å²) in [6.45, 7) is 8.90. The second-order valence-electron chi connectivity index (χ2n) is 9.78. The van der Waals surface area contributed by atoms with Crippen LogP contribution >= 0.6 is 0 Å². The first-order valence-electron chi connectivity index (χ1n) is 14.8. The Hall–Kier alpha value is -4.77. The summed E-state index contributed by atoms with van der Waals surface area (Å²) in [5.41, 5.74) is 8.57. The molecule has 2 aliphatic heterocycles. The van der Waals surface area contributed by atoms with E-state index in [1.165, 1.54) is 4.68 Å². The van der Waals surface area contributed by atoms with Gasteiger partial charge in [0.1, 0.15) is 26.4 Å². The van der Waals surface area contributed by atoms with Crippen LogP contribution in [-0.4, -0.2) is 61.7 Å². The molecule has 234 valence electrons. The molecule has 4 aromatic rings. The minimum absolute atomic E-state index is 0.0857. The van der Waals surface area contributed by atoms with Crippen LogP contribution in [0.2, 0.25) is 0 Å². The highest BCUT2D eigenvalue weighted by atomic mass is 16.6. The number of carbonyl (C=O) groups is 2. The summed E-state index contributed by atoms with van der Waals surface area (Å²) >= 11 is 0. The summed E-state index contributed by atoms with van der Waals surface area (Å²) in [4.78, 5) is 26.2. The zero-order valence-electron chi connectivity index (χ0n) is 25.7. The highest BCUT2D eigenvalue weighted by molar-refractivity contribution is 6.04. The lowest BCUT2D eigenvalue weighted by Gasteiger charge is -2.18. The molecule has 3 heterocycles. The van der Waals surface area contributed by atoms with Gasteiger partial charge in [-0.1, -0.05) is 32.9 Å². The summed E-state index contributed by atoms with van der Waals surface area (Å²) in [6.07, 6.45) is 1.30. The van der Waals surface area contributed by atoms with Crippen LogP contribution in [0.15, 0.2) is 54.6 Å². The number of benzene rings is 3. The number of hydrogen-bond donors (Lipinski definition) is 2. The molecule has 0 radical (unpaired) electrons. The molecule has 11 nitrogen and oxygen atoms in total. The van der Waals surface area contributed by atoms with Crippen molar-refractivity contribution in [3.05, 3.63) is 65.7 Å². The zero-order valence-corrected chi connectivity index (χ0v) is 25.7. The van der Waals surface area contributed by atoms with Crippen molar-refractivity contribution in [1.29, 1.82) is 0 Å². The van der Waals surface area contributed by atoms with E-state index in [1.54, 1.807) is 49.6 Å². The Labute approximate surface area is 257 Å². The molecule has 0 aliphatic carbocycles. The maximum absolute atomic E-state index is 13.3. The molecule has 0 atom stereocenters. The van der Waals surface area contributed by atoms with Gasteiger partial charge in [0.25, 0.3) is 5.91 Å². The molecule has 3 N–H and O–H groups in total. The van der Waals surface area contributed by atoms with Gasteiger partial charge in [-0.05, 0) is 60.0 Å². The molecule has 1 amide bonds. The number of carbonyl (C=O) groups excluding carboxylic acids is 2. The van der Waals surface area contributed by atoms with Crippen LogP contribution in [0.3, 0.4) is 0 Å². The fourth-order valence-electron chi connectivity index (χ4n) is 4.63. The van der Waals surface area contributed by atoms with Crippen molar-refractivity contribution in [2.75, 3.05) is 51.2 Å². The Morgan fingerprint density at radius 1 is 0.841 bits per heavy atom. The first kappa shape index (κ1) is 32.2. The standard InChI is InChI=1S/C27H24N4O6.C4H10O.C2H6/c28-18-3-4-20-19(15-18)27(29-25(32)13-16-1-5-21-23(11-16)36-9-7-34-21)30-31(20)26(33)14-17-2-6-22-24(12-17)37-10-8-35-22;1-3-4-5-2;1-2/h1-6,11-12,15H,7-10,13-14,28H2,(H,29,30,32);3-4H2,1-2H3;1-2H3. The highest BCUT2D eigenvalue weighted by Crippen LogP contribution is 2.33. The summed E-state index contributed by atoms with van der Waals surface area (Å²) in [7, 11) is 1.71. The first-order chi connectivity index (χ1) is 21.4. The van der Waals surface area contributed by atoms with Gasteiger partial charge in [0, 0.05) is 24.8 Å². The van der Waals surface area contributed by atoms with E-state index in [9.17, 15) is 9.59 Å². The van der Waals surface area contributed by atoms with Crippen molar-refractivity contribution in [2.45, 2.75) is 40.0 Å². The summed E-state index contributed by atoms with van der Waals surface area (Å²) in [5, 5.41) is 7.85. The number of nitrogens with two attached hydrogens (primary N) is 1. The Kier molecular flexibility index (Phi) is 11.4. The minimum atomic E-state index is -0.287. The van der Waals surface area contributed by atoms with E-state index in [2.05, 4.69) is 17.3 Å². The third kappa shape index (κ3) is 7.99. The lowest BCUT2D eigenvalue weighted by atomic mass is 10.1. The minimum Gasteiger partial charge on any atom is -0.486 e. The van der Waals surface area contributed by atoms with Crippen molar-refractivity contribution in [3.8, 4) is 23.0 Å². The summed E-state index contributed by atoms with van der Waals surface area (Å²) in [6, 6.07) is 15.9. The number of ether oxygens (including phenoxy) is 5. The number of anilines is 2. The van der Waals surface area contributed by atoms with E-state index in [0.29, 0.717) is 66.0 Å². The monoisotopic (exact) mass is 604 g/mol. The van der Waals surface area contributed by atoms with Crippen LogP contribution in [0.1, 0.15) is 43.1 Å². The second kappa shape index (κ2) is 15.6. The number of nitrogens with one attached hydrogen (secondary N) is 1. The number of nitrogens with zero attached hydrogens (tertiary/aromatic N) is 2. The van der Waals surface area contributed by atoms with Crippen LogP contribution in [0.25, 0.3) is 10.9 Å². The Balaban J connectivity index is 0.000000576. The smallest absolute Gasteiger partial charge is 0.251 e. The number of amides is 1. The van der Waals surface area contributed by atoms with Gasteiger partial charge >= 0.3 is 0 Å². The number of nitrogen functional groups attached to an aromatic ring is 1. The zero-order chi connectivity index (χ0) is 31.5. The molecule has 3 aromatic carbocycles. The predicted octanol–water partition coefficient (Wildman–Crippen LogP) is 5.29. The van der Waals surface area contributed by atoms with Crippen molar-refractivity contribution in [3.63, 3.8) is 0 Å². The van der Waals surface area contributed by atoms with Gasteiger partial charge in [0.2, 0.25) is 5.91 Å². The Bertz CT molecular complexity index is 1580. The van der Waals surface area contributed by atoms with Gasteiger partial charge in [0.15, 0.2) is 28.8 Å². The molecule has 0 saturated heterocycles. The fraction of sp³-hybridized carbons (Fsp3) is 0.364. The van der Waals surface area contributed by atoms with Crippen molar-refractivity contribution in [1.82, 2.24) is 9.78 Å². The van der Waals surface area contributed by atoms with Crippen LogP contribution in [-0.2, 0) is 22.4 Å². The van der Waals surface area contributed by atoms with Gasteiger partial charge in [-0.15, -0.1) is 5.10 Å². The van der Waals surface area contributed by atoms with Crippen molar-refractivity contribution >= 4 is 34.2 Å². The highest BCUT2D eigenvalue weighted by Gasteiger charge is 2.20. The molecular formula is C33H40N4O7. The van der Waals surface area contributed by atoms with Crippen molar-refractivity contribution < 1.29 is 33.3 Å². The molecule has 6 rings (SSSR count). The predicted molar refractivity (Wildman–Crippen MR) is 169 cm³/mol. The lowest BCUT2D eigenvalue weighted by Crippen LogP contribution is -2.19. The van der Waals surface area contributed by atoms with Gasteiger partial charge in [-0.3, -0.25) is 9.59 Å². The van der Waals surface area contributed by atoms with E-state index < -0.39 is 0 Å². The van der Waals surface area contributed by atoms with Crippen molar-refractivity contribution in [2.24, 2.45) is 0 Å². The maximum Gasteiger partial charge on any atom is 0.251 e. The van der Waals surface area contributed by atoms with E-state index >= 15 is 0 Å². The molecule has 0 saturated carbocycles. The molecule has 0 bridgehead atoms. The molecule has 1 aromatic heterocycles. The van der Waals surface area contributed by atoms with Gasteiger partial charge in [-0.2, -0.15) is 4.68 Å². The third-order valence-electron chi connectivity index (χ3n) is 6.54. The molecule has 11 heteroatoms. The van der Waals surface area contributed by atoms with Crippen LogP contribution in [0, 0.1) is 0 Å². The second-order valence-corrected chi connectivity index (χ2v) is 9.78. The average molecular weight is 605 g/mol. The normalized spacial score (nSPS) is 12.7. The number of fused-ring (bicyclic) bond motifs is 3.